The molecule has 0 atom stereocenters. The molecule has 2 rings (SSSR count). The zero-order valence-corrected chi connectivity index (χ0v) is 19.4. The molecule has 0 spiro atoms. The smallest absolute Gasteiger partial charge is 0.407 e. The van der Waals surface area contributed by atoms with Gasteiger partial charge in [-0.25, -0.2) is 4.79 Å². The summed E-state index contributed by atoms with van der Waals surface area (Å²) in [5, 5.41) is 5.07. The molecule has 2 amide bonds. The molecule has 7 nitrogen and oxygen atoms in total. The molecule has 7 heteroatoms. The van der Waals surface area contributed by atoms with Crippen LogP contribution in [0.3, 0.4) is 0 Å². The van der Waals surface area contributed by atoms with Crippen molar-refractivity contribution in [3.05, 3.63) is 71.3 Å². The quantitative estimate of drug-likeness (QED) is 0.374. The summed E-state index contributed by atoms with van der Waals surface area (Å²) in [5.74, 6) is 11.3. The molecule has 0 aliphatic heterocycles. The SMILES string of the molecule is CCCOCCOCCNC(=O)CNC(=O)OCc1ccc(C#CC#Cc2ccccc2)cc1. The highest BCUT2D eigenvalue weighted by Crippen LogP contribution is 2.05. The standard InChI is InChI=1S/C27H30N2O5/c1-2-17-32-19-20-33-18-16-28-26(30)21-29-27(31)34-22-25-14-12-24(13-15-25)11-7-6-10-23-8-4-3-5-9-23/h3-5,8-9,12-15H,2,16-22H2,1H3,(H,28,30)(H,29,31). The van der Waals surface area contributed by atoms with Crippen molar-refractivity contribution in [1.29, 1.82) is 0 Å². The number of amides is 2. The molecule has 2 N–H and O–H groups in total. The average Bonchev–Trinajstić information content (AvgIpc) is 2.87. The Morgan fingerprint density at radius 1 is 0.794 bits per heavy atom. The maximum atomic E-state index is 11.8. The van der Waals surface area contributed by atoms with E-state index in [1.165, 1.54) is 0 Å². The minimum absolute atomic E-state index is 0.0862. The zero-order valence-electron chi connectivity index (χ0n) is 19.4. The lowest BCUT2D eigenvalue weighted by Crippen LogP contribution is -2.38. The van der Waals surface area contributed by atoms with Gasteiger partial charge >= 0.3 is 6.09 Å². The Labute approximate surface area is 201 Å². The Bertz CT molecular complexity index is 999. The number of carbonyl (C=O) groups is 2. The molecule has 2 aromatic carbocycles. The first-order chi connectivity index (χ1) is 16.7. The van der Waals surface area contributed by atoms with Crippen LogP contribution in [0.15, 0.2) is 54.6 Å². The van der Waals surface area contributed by atoms with Gasteiger partial charge in [0.2, 0.25) is 5.91 Å². The lowest BCUT2D eigenvalue weighted by Gasteiger charge is -2.09. The molecule has 0 aromatic heterocycles. The predicted molar refractivity (Wildman–Crippen MR) is 130 cm³/mol. The first-order valence-electron chi connectivity index (χ1n) is 11.2. The Morgan fingerprint density at radius 2 is 1.44 bits per heavy atom. The lowest BCUT2D eigenvalue weighted by atomic mass is 10.1. The van der Waals surface area contributed by atoms with Gasteiger partial charge in [-0.15, -0.1) is 0 Å². The third kappa shape index (κ3) is 12.3. The van der Waals surface area contributed by atoms with Gasteiger partial charge in [0.05, 0.1) is 26.4 Å². The van der Waals surface area contributed by atoms with E-state index in [2.05, 4.69) is 34.3 Å². The van der Waals surface area contributed by atoms with Gasteiger partial charge in [0.1, 0.15) is 6.61 Å². The highest BCUT2D eigenvalue weighted by atomic mass is 16.5. The van der Waals surface area contributed by atoms with Crippen molar-refractivity contribution in [3.8, 4) is 23.7 Å². The summed E-state index contributed by atoms with van der Waals surface area (Å²) >= 11 is 0. The molecule has 0 radical (unpaired) electrons. The van der Waals surface area contributed by atoms with E-state index >= 15 is 0 Å². The van der Waals surface area contributed by atoms with Gasteiger partial charge in [-0.05, 0) is 48.1 Å². The molecule has 0 aliphatic carbocycles. The van der Waals surface area contributed by atoms with E-state index in [0.29, 0.717) is 33.0 Å². The molecular weight excluding hydrogens is 432 g/mol. The van der Waals surface area contributed by atoms with Crippen molar-refractivity contribution in [3.63, 3.8) is 0 Å². The van der Waals surface area contributed by atoms with Gasteiger partial charge in [-0.1, -0.05) is 49.1 Å². The Balaban J connectivity index is 1.58. The molecule has 0 bridgehead atoms. The second kappa shape index (κ2) is 16.8. The summed E-state index contributed by atoms with van der Waals surface area (Å²) < 4.78 is 15.7. The van der Waals surface area contributed by atoms with Crippen LogP contribution in [-0.2, 0) is 25.6 Å². The number of hydrogen-bond donors (Lipinski definition) is 2. The third-order valence-corrected chi connectivity index (χ3v) is 4.26. The Kier molecular flexibility index (Phi) is 13.1. The zero-order chi connectivity index (χ0) is 24.3. The van der Waals surface area contributed by atoms with Crippen LogP contribution in [0.1, 0.15) is 30.0 Å². The van der Waals surface area contributed by atoms with Crippen molar-refractivity contribution < 1.29 is 23.8 Å². The van der Waals surface area contributed by atoms with Gasteiger partial charge in [-0.2, -0.15) is 0 Å². The number of alkyl carbamates (subject to hydrolysis) is 1. The van der Waals surface area contributed by atoms with Crippen LogP contribution in [0.4, 0.5) is 4.79 Å². The summed E-state index contributed by atoms with van der Waals surface area (Å²) in [6.45, 7) is 4.43. The fraction of sp³-hybridized carbons (Fsp3) is 0.333. The van der Waals surface area contributed by atoms with Crippen LogP contribution >= 0.6 is 0 Å². The van der Waals surface area contributed by atoms with Gasteiger partial charge in [0.25, 0.3) is 0 Å². The van der Waals surface area contributed by atoms with Gasteiger partial charge < -0.3 is 24.8 Å². The minimum Gasteiger partial charge on any atom is -0.445 e. The summed E-state index contributed by atoms with van der Waals surface area (Å²) in [5.41, 5.74) is 2.53. The molecular formula is C27H30N2O5. The molecule has 2 aromatic rings. The van der Waals surface area contributed by atoms with E-state index in [9.17, 15) is 9.59 Å². The second-order valence-electron chi connectivity index (χ2n) is 7.07. The van der Waals surface area contributed by atoms with Crippen LogP contribution in [-0.4, -0.2) is 51.5 Å². The Hall–Kier alpha value is -3.78. The van der Waals surface area contributed by atoms with Crippen molar-refractivity contribution in [2.75, 3.05) is 39.5 Å². The molecule has 34 heavy (non-hydrogen) atoms. The first kappa shape index (κ1) is 26.5. The topological polar surface area (TPSA) is 85.9 Å². The summed E-state index contributed by atoms with van der Waals surface area (Å²) in [7, 11) is 0. The summed E-state index contributed by atoms with van der Waals surface area (Å²) in [6, 6.07) is 17.0. The molecule has 0 unspecified atom stereocenters. The van der Waals surface area contributed by atoms with Crippen molar-refractivity contribution in [2.45, 2.75) is 20.0 Å². The summed E-state index contributed by atoms with van der Waals surface area (Å²) in [6.07, 6.45) is 0.304. The number of nitrogens with one attached hydrogen (secondary N) is 2. The fourth-order valence-electron chi connectivity index (χ4n) is 2.56. The van der Waals surface area contributed by atoms with E-state index < -0.39 is 6.09 Å². The number of ether oxygens (including phenoxy) is 3. The third-order valence-electron chi connectivity index (χ3n) is 4.26. The van der Waals surface area contributed by atoms with E-state index in [4.69, 9.17) is 14.2 Å². The minimum atomic E-state index is -0.667. The van der Waals surface area contributed by atoms with Crippen LogP contribution in [0, 0.1) is 23.7 Å². The first-order valence-corrected chi connectivity index (χ1v) is 11.2. The number of benzene rings is 2. The molecule has 0 saturated heterocycles. The van der Waals surface area contributed by atoms with Crippen LogP contribution in [0.2, 0.25) is 0 Å². The van der Waals surface area contributed by atoms with Crippen LogP contribution in [0.25, 0.3) is 0 Å². The average molecular weight is 463 g/mol. The highest BCUT2D eigenvalue weighted by Gasteiger charge is 2.06. The van der Waals surface area contributed by atoms with Crippen LogP contribution < -0.4 is 10.6 Å². The van der Waals surface area contributed by atoms with E-state index in [1.54, 1.807) is 0 Å². The number of hydrogen-bond acceptors (Lipinski definition) is 5. The lowest BCUT2D eigenvalue weighted by molar-refractivity contribution is -0.120. The van der Waals surface area contributed by atoms with Gasteiger partial charge in [0, 0.05) is 24.3 Å². The van der Waals surface area contributed by atoms with E-state index in [-0.39, 0.29) is 19.1 Å². The monoisotopic (exact) mass is 462 g/mol. The van der Waals surface area contributed by atoms with Gasteiger partial charge in [-0.3, -0.25) is 4.79 Å². The Morgan fingerprint density at radius 3 is 2.12 bits per heavy atom. The fourth-order valence-corrected chi connectivity index (χ4v) is 2.56. The molecule has 0 aliphatic rings. The molecule has 0 fully saturated rings. The van der Waals surface area contributed by atoms with E-state index in [0.717, 1.165) is 23.1 Å². The van der Waals surface area contributed by atoms with Crippen molar-refractivity contribution in [1.82, 2.24) is 10.6 Å². The van der Waals surface area contributed by atoms with Crippen LogP contribution in [0.5, 0.6) is 0 Å². The highest BCUT2D eigenvalue weighted by molar-refractivity contribution is 5.82. The second-order valence-corrected chi connectivity index (χ2v) is 7.07. The van der Waals surface area contributed by atoms with Crippen molar-refractivity contribution >= 4 is 12.0 Å². The molecule has 0 saturated carbocycles. The maximum Gasteiger partial charge on any atom is 0.407 e. The predicted octanol–water partition coefficient (Wildman–Crippen LogP) is 2.88. The number of rotatable bonds is 12. The number of carbonyl (C=O) groups excluding carboxylic acids is 2. The molecule has 178 valence electrons. The largest absolute Gasteiger partial charge is 0.445 e. The summed E-state index contributed by atoms with van der Waals surface area (Å²) in [4.78, 5) is 23.5. The molecule has 0 heterocycles. The van der Waals surface area contributed by atoms with E-state index in [1.807, 2.05) is 61.5 Å². The normalized spacial score (nSPS) is 9.68. The maximum absolute atomic E-state index is 11.8. The van der Waals surface area contributed by atoms with Gasteiger partial charge in [0.15, 0.2) is 0 Å². The van der Waals surface area contributed by atoms with Crippen molar-refractivity contribution in [2.24, 2.45) is 0 Å².